The Labute approximate surface area is 111 Å². The second-order valence-electron chi connectivity index (χ2n) is 5.68. The molecule has 4 atom stereocenters. The fraction of sp³-hybridized carbons (Fsp3) is 0.867. The molecule has 1 unspecified atom stereocenters. The standard InChI is InChI=1S/C15H26O3/c1-8-15(9-16-10(2)3)14(17-11(4)5)12(6)13(7)18-15/h1,10-14H,9H2,2-7H3/t12-,13?,14-,15+/m0/s1. The summed E-state index contributed by atoms with van der Waals surface area (Å²) < 4.78 is 17.7. The molecule has 104 valence electrons. The monoisotopic (exact) mass is 254 g/mol. The topological polar surface area (TPSA) is 27.7 Å². The van der Waals surface area contributed by atoms with Gasteiger partial charge >= 0.3 is 0 Å². The van der Waals surface area contributed by atoms with Gasteiger partial charge in [-0.2, -0.15) is 0 Å². The summed E-state index contributed by atoms with van der Waals surface area (Å²) in [5, 5.41) is 0. The van der Waals surface area contributed by atoms with Crippen LogP contribution in [0.5, 0.6) is 0 Å². The smallest absolute Gasteiger partial charge is 0.178 e. The van der Waals surface area contributed by atoms with Crippen LogP contribution in [0, 0.1) is 18.3 Å². The molecule has 3 heteroatoms. The van der Waals surface area contributed by atoms with Crippen molar-refractivity contribution in [2.45, 2.75) is 71.6 Å². The quantitative estimate of drug-likeness (QED) is 0.706. The van der Waals surface area contributed by atoms with Crippen LogP contribution < -0.4 is 0 Å². The molecule has 0 aliphatic carbocycles. The SMILES string of the molecule is C#C[C@]1(COC(C)C)OC(C)[C@H](C)[C@@H]1OC(C)C. The van der Waals surface area contributed by atoms with E-state index in [1.54, 1.807) is 0 Å². The van der Waals surface area contributed by atoms with E-state index in [2.05, 4.69) is 12.8 Å². The lowest BCUT2D eigenvalue weighted by Crippen LogP contribution is -2.47. The third-order valence-electron chi connectivity index (χ3n) is 3.37. The third-order valence-corrected chi connectivity index (χ3v) is 3.37. The Hall–Kier alpha value is -0.560. The summed E-state index contributed by atoms with van der Waals surface area (Å²) >= 11 is 0. The van der Waals surface area contributed by atoms with Crippen LogP contribution in [0.25, 0.3) is 0 Å². The van der Waals surface area contributed by atoms with Crippen molar-refractivity contribution in [2.75, 3.05) is 6.61 Å². The van der Waals surface area contributed by atoms with E-state index in [0.717, 1.165) is 0 Å². The zero-order valence-corrected chi connectivity index (χ0v) is 12.4. The number of rotatable bonds is 5. The molecule has 0 radical (unpaired) electrons. The molecule has 0 aromatic heterocycles. The predicted octanol–water partition coefficient (Wildman–Crippen LogP) is 2.63. The maximum Gasteiger partial charge on any atom is 0.178 e. The van der Waals surface area contributed by atoms with Crippen molar-refractivity contribution >= 4 is 0 Å². The van der Waals surface area contributed by atoms with Crippen molar-refractivity contribution in [3.05, 3.63) is 0 Å². The second kappa shape index (κ2) is 6.06. The van der Waals surface area contributed by atoms with Crippen molar-refractivity contribution in [2.24, 2.45) is 5.92 Å². The average molecular weight is 254 g/mol. The summed E-state index contributed by atoms with van der Waals surface area (Å²) in [4.78, 5) is 0. The maximum absolute atomic E-state index is 5.99. The normalized spacial score (nSPS) is 36.3. The van der Waals surface area contributed by atoms with Gasteiger partial charge in [0.1, 0.15) is 6.10 Å². The van der Waals surface area contributed by atoms with Gasteiger partial charge in [0, 0.05) is 5.92 Å². The molecule has 1 rings (SSSR count). The molecule has 18 heavy (non-hydrogen) atoms. The first-order valence-corrected chi connectivity index (χ1v) is 6.75. The Bertz CT molecular complexity index is 305. The van der Waals surface area contributed by atoms with E-state index in [1.165, 1.54) is 0 Å². The number of hydrogen-bond donors (Lipinski definition) is 0. The molecule has 3 nitrogen and oxygen atoms in total. The summed E-state index contributed by atoms with van der Waals surface area (Å²) in [7, 11) is 0. The van der Waals surface area contributed by atoms with Crippen molar-refractivity contribution in [1.82, 2.24) is 0 Å². The summed E-state index contributed by atoms with van der Waals surface area (Å²) in [6, 6.07) is 0. The van der Waals surface area contributed by atoms with Gasteiger partial charge < -0.3 is 14.2 Å². The summed E-state index contributed by atoms with van der Waals surface area (Å²) in [5.41, 5.74) is -0.757. The highest BCUT2D eigenvalue weighted by Gasteiger charge is 2.52. The van der Waals surface area contributed by atoms with Crippen molar-refractivity contribution in [1.29, 1.82) is 0 Å². The van der Waals surface area contributed by atoms with E-state index >= 15 is 0 Å². The number of ether oxygens (including phenoxy) is 3. The lowest BCUT2D eigenvalue weighted by atomic mass is 9.90. The van der Waals surface area contributed by atoms with Crippen LogP contribution in [-0.2, 0) is 14.2 Å². The van der Waals surface area contributed by atoms with Gasteiger partial charge in [0.15, 0.2) is 5.60 Å². The highest BCUT2D eigenvalue weighted by molar-refractivity contribution is 5.18. The Morgan fingerprint density at radius 3 is 2.28 bits per heavy atom. The first kappa shape index (κ1) is 15.5. The van der Waals surface area contributed by atoms with Gasteiger partial charge in [-0.05, 0) is 34.6 Å². The third kappa shape index (κ3) is 3.26. The van der Waals surface area contributed by atoms with E-state index in [1.807, 2.05) is 34.6 Å². The summed E-state index contributed by atoms with van der Waals surface area (Å²) in [6.07, 6.45) is 5.93. The average Bonchev–Trinajstić information content (AvgIpc) is 2.51. The van der Waals surface area contributed by atoms with Gasteiger partial charge in [0.2, 0.25) is 0 Å². The van der Waals surface area contributed by atoms with Crippen LogP contribution in [0.1, 0.15) is 41.5 Å². The molecule has 1 heterocycles. The molecule has 1 aliphatic rings. The van der Waals surface area contributed by atoms with Crippen molar-refractivity contribution in [3.63, 3.8) is 0 Å². The van der Waals surface area contributed by atoms with E-state index in [-0.39, 0.29) is 30.3 Å². The molecular weight excluding hydrogens is 228 g/mol. The molecule has 1 saturated heterocycles. The molecule has 0 amide bonds. The van der Waals surface area contributed by atoms with Crippen LogP contribution in [-0.4, -0.2) is 36.6 Å². The first-order chi connectivity index (χ1) is 8.32. The lowest BCUT2D eigenvalue weighted by Gasteiger charge is -2.32. The number of terminal acetylenes is 1. The minimum absolute atomic E-state index is 0.0839. The van der Waals surface area contributed by atoms with E-state index in [9.17, 15) is 0 Å². The summed E-state index contributed by atoms with van der Waals surface area (Å²) in [5.74, 6) is 3.04. The molecule has 0 aromatic rings. The lowest BCUT2D eigenvalue weighted by molar-refractivity contribution is -0.124. The predicted molar refractivity (Wildman–Crippen MR) is 72.4 cm³/mol. The van der Waals surface area contributed by atoms with Crippen LogP contribution >= 0.6 is 0 Å². The van der Waals surface area contributed by atoms with Crippen LogP contribution in [0.15, 0.2) is 0 Å². The fourth-order valence-corrected chi connectivity index (χ4v) is 2.27. The van der Waals surface area contributed by atoms with Gasteiger partial charge in [0.05, 0.1) is 24.9 Å². The molecule has 0 aromatic carbocycles. The maximum atomic E-state index is 5.99. The number of hydrogen-bond acceptors (Lipinski definition) is 3. The zero-order valence-electron chi connectivity index (χ0n) is 12.4. The summed E-state index contributed by atoms with van der Waals surface area (Å²) in [6.45, 7) is 12.5. The van der Waals surface area contributed by atoms with Crippen molar-refractivity contribution < 1.29 is 14.2 Å². The van der Waals surface area contributed by atoms with E-state index < -0.39 is 5.60 Å². The largest absolute Gasteiger partial charge is 0.375 e. The molecule has 0 bridgehead atoms. The molecule has 0 spiro atoms. The van der Waals surface area contributed by atoms with Crippen molar-refractivity contribution in [3.8, 4) is 12.3 Å². The van der Waals surface area contributed by atoms with Gasteiger partial charge in [-0.25, -0.2) is 0 Å². The highest BCUT2D eigenvalue weighted by atomic mass is 16.6. The molecule has 0 saturated carbocycles. The first-order valence-electron chi connectivity index (χ1n) is 6.75. The van der Waals surface area contributed by atoms with Crippen LogP contribution in [0.4, 0.5) is 0 Å². The Morgan fingerprint density at radius 2 is 1.83 bits per heavy atom. The van der Waals surface area contributed by atoms with E-state index in [0.29, 0.717) is 6.61 Å². The molecular formula is C15H26O3. The van der Waals surface area contributed by atoms with Gasteiger partial charge in [0.25, 0.3) is 0 Å². The van der Waals surface area contributed by atoms with Gasteiger partial charge in [-0.1, -0.05) is 12.8 Å². The highest BCUT2D eigenvalue weighted by Crippen LogP contribution is 2.38. The Balaban J connectivity index is 2.88. The van der Waals surface area contributed by atoms with E-state index in [4.69, 9.17) is 20.6 Å². The fourth-order valence-electron chi connectivity index (χ4n) is 2.27. The van der Waals surface area contributed by atoms with Crippen LogP contribution in [0.2, 0.25) is 0 Å². The molecule has 1 aliphatic heterocycles. The minimum atomic E-state index is -0.757. The molecule has 1 fully saturated rings. The second-order valence-corrected chi connectivity index (χ2v) is 5.68. The van der Waals surface area contributed by atoms with Gasteiger partial charge in [-0.15, -0.1) is 6.42 Å². The minimum Gasteiger partial charge on any atom is -0.375 e. The van der Waals surface area contributed by atoms with Gasteiger partial charge in [-0.3, -0.25) is 0 Å². The zero-order chi connectivity index (χ0) is 13.9. The molecule has 0 N–H and O–H groups in total. The van der Waals surface area contributed by atoms with Crippen LogP contribution in [0.3, 0.4) is 0 Å². The Kier molecular flexibility index (Phi) is 5.21. The Morgan fingerprint density at radius 1 is 1.22 bits per heavy atom.